The Morgan fingerprint density at radius 1 is 1.13 bits per heavy atom. The fourth-order valence-corrected chi connectivity index (χ4v) is 5.56. The lowest BCUT2D eigenvalue weighted by molar-refractivity contribution is 0.115. The number of hydrogen-bond acceptors (Lipinski definition) is 3. The summed E-state index contributed by atoms with van der Waals surface area (Å²) in [5.41, 5.74) is 1.35. The molecule has 0 spiro atoms. The summed E-state index contributed by atoms with van der Waals surface area (Å²) in [6, 6.07) is 11.8. The minimum absolute atomic E-state index is 0.126. The zero-order chi connectivity index (χ0) is 16.3. The standard InChI is InChI=1S/C18H28N2O2S/c1-2-3-11-23(21,22)19-16-12-17-9-10-18(13-16)20(17)14-15-7-5-4-6-8-15/h4-8,16-19H,2-3,9-14H2,1H3/t16?,17-,18+. The van der Waals surface area contributed by atoms with E-state index in [1.807, 2.05) is 6.92 Å². The Bertz CT molecular complexity index is 589. The highest BCUT2D eigenvalue weighted by molar-refractivity contribution is 7.89. The molecule has 3 rings (SSSR count). The Kier molecular flexibility index (Phi) is 5.39. The summed E-state index contributed by atoms with van der Waals surface area (Å²) in [5, 5.41) is 0. The van der Waals surface area contributed by atoms with E-state index < -0.39 is 10.0 Å². The summed E-state index contributed by atoms with van der Waals surface area (Å²) in [6.45, 7) is 3.02. The van der Waals surface area contributed by atoms with Crippen molar-refractivity contribution in [1.82, 2.24) is 9.62 Å². The van der Waals surface area contributed by atoms with E-state index >= 15 is 0 Å². The molecule has 2 aliphatic heterocycles. The van der Waals surface area contributed by atoms with Gasteiger partial charge < -0.3 is 0 Å². The van der Waals surface area contributed by atoms with Crippen LogP contribution in [0.1, 0.15) is 51.0 Å². The Hall–Kier alpha value is -0.910. The van der Waals surface area contributed by atoms with Crippen LogP contribution in [-0.4, -0.2) is 37.2 Å². The van der Waals surface area contributed by atoms with Crippen LogP contribution in [0.25, 0.3) is 0 Å². The SMILES string of the molecule is CCCCS(=O)(=O)NC1C[C@H]2CC[C@@H](C1)N2Cc1ccccc1. The van der Waals surface area contributed by atoms with Gasteiger partial charge in [-0.2, -0.15) is 0 Å². The van der Waals surface area contributed by atoms with Gasteiger partial charge in [0.25, 0.3) is 0 Å². The zero-order valence-corrected chi connectivity index (χ0v) is 14.8. The third kappa shape index (κ3) is 4.34. The number of sulfonamides is 1. The van der Waals surface area contributed by atoms with E-state index in [4.69, 9.17) is 0 Å². The van der Waals surface area contributed by atoms with Crippen molar-refractivity contribution in [2.75, 3.05) is 5.75 Å². The largest absolute Gasteiger partial charge is 0.293 e. The first kappa shape index (κ1) is 16.9. The van der Waals surface area contributed by atoms with E-state index in [9.17, 15) is 8.42 Å². The normalized spacial score (nSPS) is 28.1. The van der Waals surface area contributed by atoms with Gasteiger partial charge in [-0.25, -0.2) is 13.1 Å². The van der Waals surface area contributed by atoms with Crippen LogP contribution in [0.2, 0.25) is 0 Å². The van der Waals surface area contributed by atoms with Crippen LogP contribution < -0.4 is 4.72 Å². The van der Waals surface area contributed by atoms with Crippen LogP contribution in [0.4, 0.5) is 0 Å². The minimum Gasteiger partial charge on any atom is -0.293 e. The van der Waals surface area contributed by atoms with Crippen molar-refractivity contribution < 1.29 is 8.42 Å². The van der Waals surface area contributed by atoms with Gasteiger partial charge in [-0.15, -0.1) is 0 Å². The first-order valence-corrected chi connectivity index (χ1v) is 10.5. The molecule has 4 nitrogen and oxygen atoms in total. The van der Waals surface area contributed by atoms with Crippen LogP contribution in [0.15, 0.2) is 30.3 Å². The van der Waals surface area contributed by atoms with Crippen molar-refractivity contribution in [2.45, 2.75) is 70.1 Å². The molecule has 23 heavy (non-hydrogen) atoms. The molecule has 0 amide bonds. The van der Waals surface area contributed by atoms with Gasteiger partial charge in [0.05, 0.1) is 5.75 Å². The Morgan fingerprint density at radius 3 is 2.39 bits per heavy atom. The monoisotopic (exact) mass is 336 g/mol. The van der Waals surface area contributed by atoms with Crippen LogP contribution in [0.5, 0.6) is 0 Å². The van der Waals surface area contributed by atoms with Crippen molar-refractivity contribution in [2.24, 2.45) is 0 Å². The third-order valence-electron chi connectivity index (χ3n) is 5.21. The lowest BCUT2D eigenvalue weighted by Gasteiger charge is -2.39. The summed E-state index contributed by atoms with van der Waals surface area (Å²) < 4.78 is 27.2. The summed E-state index contributed by atoms with van der Waals surface area (Å²) in [5.74, 6) is 0.267. The summed E-state index contributed by atoms with van der Waals surface area (Å²) in [4.78, 5) is 2.59. The number of unbranched alkanes of at least 4 members (excludes halogenated alkanes) is 1. The van der Waals surface area contributed by atoms with E-state index in [1.165, 1.54) is 18.4 Å². The van der Waals surface area contributed by atoms with E-state index in [2.05, 4.69) is 40.0 Å². The molecule has 0 radical (unpaired) electrons. The Labute approximate surface area is 140 Å². The van der Waals surface area contributed by atoms with Crippen LogP contribution >= 0.6 is 0 Å². The molecule has 1 aromatic carbocycles. The van der Waals surface area contributed by atoms with Crippen molar-refractivity contribution in [1.29, 1.82) is 0 Å². The summed E-state index contributed by atoms with van der Waals surface area (Å²) >= 11 is 0. The number of nitrogens with one attached hydrogen (secondary N) is 1. The fraction of sp³-hybridized carbons (Fsp3) is 0.667. The van der Waals surface area contributed by atoms with Crippen LogP contribution in [-0.2, 0) is 16.6 Å². The number of benzene rings is 1. The molecular weight excluding hydrogens is 308 g/mol. The number of fused-ring (bicyclic) bond motifs is 2. The first-order chi connectivity index (χ1) is 11.1. The van der Waals surface area contributed by atoms with Crippen molar-refractivity contribution >= 4 is 10.0 Å². The molecule has 2 saturated heterocycles. The van der Waals surface area contributed by atoms with E-state index in [-0.39, 0.29) is 11.8 Å². The second kappa shape index (κ2) is 7.32. The summed E-state index contributed by atoms with van der Waals surface area (Å²) in [7, 11) is -3.11. The molecule has 2 aliphatic rings. The van der Waals surface area contributed by atoms with Gasteiger partial charge >= 0.3 is 0 Å². The van der Waals surface area contributed by atoms with Crippen molar-refractivity contribution in [3.05, 3.63) is 35.9 Å². The summed E-state index contributed by atoms with van der Waals surface area (Å²) in [6.07, 6.45) is 5.97. The average Bonchev–Trinajstić information content (AvgIpc) is 2.76. The van der Waals surface area contributed by atoms with E-state index in [0.717, 1.165) is 32.2 Å². The molecule has 1 unspecified atom stereocenters. The number of rotatable bonds is 7. The number of piperidine rings is 1. The topological polar surface area (TPSA) is 49.4 Å². The molecule has 5 heteroatoms. The quantitative estimate of drug-likeness (QED) is 0.833. The molecule has 0 aliphatic carbocycles. The molecule has 1 N–H and O–H groups in total. The number of nitrogens with zero attached hydrogens (tertiary/aromatic N) is 1. The molecule has 0 aromatic heterocycles. The van der Waals surface area contributed by atoms with Crippen molar-refractivity contribution in [3.63, 3.8) is 0 Å². The van der Waals surface area contributed by atoms with Crippen molar-refractivity contribution in [3.8, 4) is 0 Å². The van der Waals surface area contributed by atoms with Gasteiger partial charge in [-0.1, -0.05) is 43.7 Å². The molecule has 3 atom stereocenters. The van der Waals surface area contributed by atoms with E-state index in [1.54, 1.807) is 0 Å². The van der Waals surface area contributed by atoms with Gasteiger partial charge in [0, 0.05) is 24.7 Å². The Balaban J connectivity index is 1.59. The zero-order valence-electron chi connectivity index (χ0n) is 13.9. The molecule has 1 aromatic rings. The maximum Gasteiger partial charge on any atom is 0.211 e. The molecule has 2 bridgehead atoms. The second-order valence-corrected chi connectivity index (χ2v) is 8.87. The predicted octanol–water partition coefficient (Wildman–Crippen LogP) is 2.90. The number of hydrogen-bond donors (Lipinski definition) is 1. The predicted molar refractivity (Wildman–Crippen MR) is 93.6 cm³/mol. The highest BCUT2D eigenvalue weighted by Crippen LogP contribution is 2.37. The fourth-order valence-electron chi connectivity index (χ4n) is 4.07. The third-order valence-corrected chi connectivity index (χ3v) is 6.72. The lowest BCUT2D eigenvalue weighted by atomic mass is 9.97. The van der Waals surface area contributed by atoms with Gasteiger partial charge in [0.15, 0.2) is 0 Å². The molecular formula is C18H28N2O2S. The molecule has 2 fully saturated rings. The van der Waals surface area contributed by atoms with Crippen LogP contribution in [0.3, 0.4) is 0 Å². The van der Waals surface area contributed by atoms with Gasteiger partial charge in [-0.3, -0.25) is 4.90 Å². The molecule has 0 saturated carbocycles. The smallest absolute Gasteiger partial charge is 0.211 e. The highest BCUT2D eigenvalue weighted by atomic mass is 32.2. The minimum atomic E-state index is -3.11. The Morgan fingerprint density at radius 2 is 1.78 bits per heavy atom. The average molecular weight is 337 g/mol. The van der Waals surface area contributed by atoms with Gasteiger partial charge in [0.1, 0.15) is 0 Å². The first-order valence-electron chi connectivity index (χ1n) is 8.87. The van der Waals surface area contributed by atoms with Crippen LogP contribution in [0, 0.1) is 0 Å². The second-order valence-electron chi connectivity index (χ2n) is 7.00. The highest BCUT2D eigenvalue weighted by Gasteiger charge is 2.41. The maximum absolute atomic E-state index is 12.1. The molecule has 2 heterocycles. The lowest BCUT2D eigenvalue weighted by Crippen LogP contribution is -2.50. The van der Waals surface area contributed by atoms with Gasteiger partial charge in [0.2, 0.25) is 10.0 Å². The van der Waals surface area contributed by atoms with E-state index in [0.29, 0.717) is 12.1 Å². The van der Waals surface area contributed by atoms with Gasteiger partial charge in [-0.05, 0) is 37.7 Å². The maximum atomic E-state index is 12.1. The molecule has 128 valence electrons.